The van der Waals surface area contributed by atoms with Gasteiger partial charge in [0, 0.05) is 45.7 Å². The third-order valence-electron chi connectivity index (χ3n) is 2.55. The lowest BCUT2D eigenvalue weighted by atomic mass is 10.1. The third-order valence-corrected chi connectivity index (χ3v) is 2.55. The van der Waals surface area contributed by atoms with Crippen LogP contribution in [0.2, 0.25) is 0 Å². The topological polar surface area (TPSA) is 44.4 Å². The Morgan fingerprint density at radius 3 is 2.67 bits per heavy atom. The number of nitrogens with zero attached hydrogens (tertiary/aromatic N) is 1. The van der Waals surface area contributed by atoms with Crippen LogP contribution in [-0.2, 0) is 4.79 Å². The second kappa shape index (κ2) is 6.80. The maximum atomic E-state index is 11.4. The number of amides is 1. The Balaban J connectivity index is 2.02. The molecule has 15 heavy (non-hydrogen) atoms. The molecule has 0 aromatic heterocycles. The minimum Gasteiger partial charge on any atom is -0.355 e. The predicted molar refractivity (Wildman–Crippen MR) is 61.8 cm³/mol. The number of carbonyl (C=O) groups excluding carboxylic acids is 1. The van der Waals surface area contributed by atoms with Gasteiger partial charge in [0.2, 0.25) is 5.91 Å². The van der Waals surface area contributed by atoms with E-state index in [0.717, 1.165) is 39.3 Å². The van der Waals surface area contributed by atoms with E-state index in [2.05, 4.69) is 29.4 Å². The summed E-state index contributed by atoms with van der Waals surface area (Å²) in [6, 6.07) is 0. The number of rotatable bonds is 5. The van der Waals surface area contributed by atoms with Crippen LogP contribution in [0.1, 0.15) is 20.3 Å². The highest BCUT2D eigenvalue weighted by molar-refractivity contribution is 5.75. The van der Waals surface area contributed by atoms with Crippen LogP contribution in [0.4, 0.5) is 0 Å². The molecule has 0 spiro atoms. The first-order chi connectivity index (χ1) is 7.18. The lowest BCUT2D eigenvalue weighted by Crippen LogP contribution is -2.46. The van der Waals surface area contributed by atoms with E-state index >= 15 is 0 Å². The first-order valence-corrected chi connectivity index (χ1v) is 5.88. The number of hydrogen-bond acceptors (Lipinski definition) is 3. The highest BCUT2D eigenvalue weighted by Gasteiger charge is 2.09. The van der Waals surface area contributed by atoms with Gasteiger partial charge in [0.05, 0.1) is 0 Å². The summed E-state index contributed by atoms with van der Waals surface area (Å²) in [6.07, 6.45) is 0.640. The van der Waals surface area contributed by atoms with Crippen molar-refractivity contribution in [2.45, 2.75) is 20.3 Å². The van der Waals surface area contributed by atoms with E-state index in [1.807, 2.05) is 0 Å². The van der Waals surface area contributed by atoms with Gasteiger partial charge in [-0.25, -0.2) is 0 Å². The van der Waals surface area contributed by atoms with Crippen molar-refractivity contribution in [3.05, 3.63) is 0 Å². The fourth-order valence-electron chi connectivity index (χ4n) is 1.73. The SMILES string of the molecule is CC(C)CC(=O)NCCN1CCNCC1. The molecule has 1 heterocycles. The molecule has 1 aliphatic rings. The fourth-order valence-corrected chi connectivity index (χ4v) is 1.73. The van der Waals surface area contributed by atoms with Gasteiger partial charge in [-0.05, 0) is 5.92 Å². The molecule has 0 bridgehead atoms. The molecule has 0 saturated carbocycles. The maximum Gasteiger partial charge on any atom is 0.220 e. The number of hydrogen-bond donors (Lipinski definition) is 2. The zero-order chi connectivity index (χ0) is 11.1. The molecule has 1 saturated heterocycles. The molecule has 0 aromatic rings. The quantitative estimate of drug-likeness (QED) is 0.678. The van der Waals surface area contributed by atoms with Crippen LogP contribution < -0.4 is 10.6 Å². The van der Waals surface area contributed by atoms with Crippen molar-refractivity contribution in [2.75, 3.05) is 39.3 Å². The minimum absolute atomic E-state index is 0.181. The van der Waals surface area contributed by atoms with E-state index in [1.54, 1.807) is 0 Å². The molecular formula is C11H23N3O. The second-order valence-corrected chi connectivity index (χ2v) is 4.54. The Kier molecular flexibility index (Phi) is 5.65. The van der Waals surface area contributed by atoms with Gasteiger partial charge in [-0.1, -0.05) is 13.8 Å². The van der Waals surface area contributed by atoms with Gasteiger partial charge in [0.1, 0.15) is 0 Å². The molecule has 1 aliphatic heterocycles. The van der Waals surface area contributed by atoms with E-state index in [1.165, 1.54) is 0 Å². The van der Waals surface area contributed by atoms with Crippen LogP contribution in [0.15, 0.2) is 0 Å². The third kappa shape index (κ3) is 5.74. The van der Waals surface area contributed by atoms with Gasteiger partial charge in [-0.3, -0.25) is 9.69 Å². The molecule has 0 aliphatic carbocycles. The molecule has 2 N–H and O–H groups in total. The summed E-state index contributed by atoms with van der Waals surface area (Å²) in [4.78, 5) is 13.7. The highest BCUT2D eigenvalue weighted by Crippen LogP contribution is 1.97. The average molecular weight is 213 g/mol. The van der Waals surface area contributed by atoms with Crippen LogP contribution in [-0.4, -0.2) is 50.1 Å². The van der Waals surface area contributed by atoms with Crippen molar-refractivity contribution in [3.8, 4) is 0 Å². The molecule has 0 atom stereocenters. The average Bonchev–Trinajstić information content (AvgIpc) is 2.18. The normalized spacial score (nSPS) is 18.1. The Morgan fingerprint density at radius 2 is 2.07 bits per heavy atom. The molecular weight excluding hydrogens is 190 g/mol. The van der Waals surface area contributed by atoms with E-state index in [0.29, 0.717) is 12.3 Å². The zero-order valence-corrected chi connectivity index (χ0v) is 9.88. The first kappa shape index (κ1) is 12.5. The van der Waals surface area contributed by atoms with Gasteiger partial charge >= 0.3 is 0 Å². The first-order valence-electron chi connectivity index (χ1n) is 5.88. The smallest absolute Gasteiger partial charge is 0.220 e. The van der Waals surface area contributed by atoms with Crippen molar-refractivity contribution >= 4 is 5.91 Å². The predicted octanol–water partition coefficient (Wildman–Crippen LogP) is 0.0539. The number of carbonyl (C=O) groups is 1. The summed E-state index contributed by atoms with van der Waals surface area (Å²) >= 11 is 0. The molecule has 88 valence electrons. The highest BCUT2D eigenvalue weighted by atomic mass is 16.1. The lowest BCUT2D eigenvalue weighted by molar-refractivity contribution is -0.121. The molecule has 4 nitrogen and oxygen atoms in total. The number of piperazine rings is 1. The Labute approximate surface area is 92.4 Å². The van der Waals surface area contributed by atoms with Gasteiger partial charge in [0.25, 0.3) is 0 Å². The molecule has 0 radical (unpaired) electrons. The zero-order valence-electron chi connectivity index (χ0n) is 9.88. The maximum absolute atomic E-state index is 11.4. The van der Waals surface area contributed by atoms with Gasteiger partial charge in [-0.15, -0.1) is 0 Å². The summed E-state index contributed by atoms with van der Waals surface area (Å²) in [5.41, 5.74) is 0. The van der Waals surface area contributed by atoms with E-state index in [9.17, 15) is 4.79 Å². The van der Waals surface area contributed by atoms with Crippen LogP contribution >= 0.6 is 0 Å². The summed E-state index contributed by atoms with van der Waals surface area (Å²) in [6.45, 7) is 10.2. The van der Waals surface area contributed by atoms with Gasteiger partial charge in [0.15, 0.2) is 0 Å². The Hall–Kier alpha value is -0.610. The van der Waals surface area contributed by atoms with Crippen molar-refractivity contribution in [1.29, 1.82) is 0 Å². The number of nitrogens with one attached hydrogen (secondary N) is 2. The molecule has 1 amide bonds. The van der Waals surface area contributed by atoms with Gasteiger partial charge < -0.3 is 10.6 Å². The standard InChI is InChI=1S/C11H23N3O/c1-10(2)9-11(15)13-5-8-14-6-3-12-4-7-14/h10,12H,3-9H2,1-2H3,(H,13,15). The molecule has 1 rings (SSSR count). The monoisotopic (exact) mass is 213 g/mol. The molecule has 1 fully saturated rings. The fraction of sp³-hybridized carbons (Fsp3) is 0.909. The Morgan fingerprint density at radius 1 is 1.40 bits per heavy atom. The summed E-state index contributed by atoms with van der Waals surface area (Å²) in [5, 5.41) is 6.27. The molecule has 4 heteroatoms. The summed E-state index contributed by atoms with van der Waals surface area (Å²) in [7, 11) is 0. The largest absolute Gasteiger partial charge is 0.355 e. The minimum atomic E-state index is 0.181. The van der Waals surface area contributed by atoms with Crippen LogP contribution in [0.5, 0.6) is 0 Å². The molecule has 0 unspecified atom stereocenters. The van der Waals surface area contributed by atoms with Crippen molar-refractivity contribution in [2.24, 2.45) is 5.92 Å². The van der Waals surface area contributed by atoms with E-state index in [4.69, 9.17) is 0 Å². The van der Waals surface area contributed by atoms with Crippen molar-refractivity contribution in [3.63, 3.8) is 0 Å². The van der Waals surface area contributed by atoms with Gasteiger partial charge in [-0.2, -0.15) is 0 Å². The second-order valence-electron chi connectivity index (χ2n) is 4.54. The van der Waals surface area contributed by atoms with Crippen LogP contribution in [0, 0.1) is 5.92 Å². The van der Waals surface area contributed by atoms with Crippen molar-refractivity contribution in [1.82, 2.24) is 15.5 Å². The van der Waals surface area contributed by atoms with Crippen molar-refractivity contribution < 1.29 is 4.79 Å². The lowest BCUT2D eigenvalue weighted by Gasteiger charge is -2.27. The summed E-state index contributed by atoms with van der Waals surface area (Å²) < 4.78 is 0. The molecule has 0 aromatic carbocycles. The van der Waals surface area contributed by atoms with E-state index < -0.39 is 0 Å². The van der Waals surface area contributed by atoms with Crippen LogP contribution in [0.3, 0.4) is 0 Å². The Bertz CT molecular complexity index is 188. The van der Waals surface area contributed by atoms with Crippen LogP contribution in [0.25, 0.3) is 0 Å². The van der Waals surface area contributed by atoms with E-state index in [-0.39, 0.29) is 5.91 Å². The summed E-state index contributed by atoms with van der Waals surface area (Å²) in [5.74, 6) is 0.629.